The summed E-state index contributed by atoms with van der Waals surface area (Å²) in [6.07, 6.45) is 0. The van der Waals surface area contributed by atoms with Gasteiger partial charge in [-0.1, -0.05) is 6.58 Å². The van der Waals surface area contributed by atoms with Crippen molar-refractivity contribution in [3.63, 3.8) is 0 Å². The number of hydrogen-bond acceptors (Lipinski definition) is 2. The molecule has 100 valence electrons. The van der Waals surface area contributed by atoms with E-state index in [4.69, 9.17) is 4.74 Å². The van der Waals surface area contributed by atoms with Crippen molar-refractivity contribution >= 4 is 39.9 Å². The summed E-state index contributed by atoms with van der Waals surface area (Å²) in [5, 5.41) is 0. The Hall–Kier alpha value is -1.82. The van der Waals surface area contributed by atoms with Crippen molar-refractivity contribution in [1.82, 2.24) is 0 Å². The molecule has 1 amide bonds. The lowest BCUT2D eigenvalue weighted by molar-refractivity contribution is 0.101. The van der Waals surface area contributed by atoms with E-state index in [1.54, 1.807) is 18.1 Å². The van der Waals surface area contributed by atoms with E-state index in [2.05, 4.69) is 29.2 Å². The topological polar surface area (TPSA) is 29.5 Å². The minimum Gasteiger partial charge on any atom is -0.497 e. The largest absolute Gasteiger partial charge is 0.497 e. The number of carbonyl (C=O) groups excluding carboxylic acids is 1. The number of halogens is 1. The van der Waals surface area contributed by atoms with E-state index in [1.807, 2.05) is 36.4 Å². The quantitative estimate of drug-likeness (QED) is 0.743. The molecular formula is C16H12INO2. The van der Waals surface area contributed by atoms with Gasteiger partial charge in [0.15, 0.2) is 0 Å². The second-order valence-corrected chi connectivity index (χ2v) is 5.72. The highest BCUT2D eigenvalue weighted by Gasteiger charge is 2.32. The maximum Gasteiger partial charge on any atom is 0.263 e. The van der Waals surface area contributed by atoms with Crippen LogP contribution in [0.4, 0.5) is 5.69 Å². The minimum absolute atomic E-state index is 0.0647. The summed E-state index contributed by atoms with van der Waals surface area (Å²) in [7, 11) is 1.59. The van der Waals surface area contributed by atoms with Gasteiger partial charge in [0.2, 0.25) is 0 Å². The molecule has 2 aromatic carbocycles. The number of amides is 1. The molecule has 0 aliphatic carbocycles. The van der Waals surface area contributed by atoms with Crippen LogP contribution in [0.3, 0.4) is 0 Å². The number of ether oxygens (including phenoxy) is 1. The maximum absolute atomic E-state index is 12.6. The van der Waals surface area contributed by atoms with Crippen LogP contribution in [0.25, 0.3) is 5.70 Å². The molecule has 0 aromatic heterocycles. The smallest absolute Gasteiger partial charge is 0.263 e. The van der Waals surface area contributed by atoms with Crippen LogP contribution in [-0.2, 0) is 0 Å². The van der Waals surface area contributed by atoms with Crippen molar-refractivity contribution in [1.29, 1.82) is 0 Å². The van der Waals surface area contributed by atoms with Crippen LogP contribution in [0.1, 0.15) is 15.9 Å². The Kier molecular flexibility index (Phi) is 3.25. The third kappa shape index (κ3) is 2.00. The zero-order valence-electron chi connectivity index (χ0n) is 10.9. The van der Waals surface area contributed by atoms with Crippen LogP contribution in [0.2, 0.25) is 0 Å². The van der Waals surface area contributed by atoms with E-state index in [0.717, 1.165) is 14.8 Å². The molecule has 1 aliphatic rings. The predicted octanol–water partition coefficient (Wildman–Crippen LogP) is 3.93. The van der Waals surface area contributed by atoms with Crippen LogP contribution in [-0.4, -0.2) is 13.0 Å². The van der Waals surface area contributed by atoms with Crippen molar-refractivity contribution < 1.29 is 9.53 Å². The molecule has 2 aromatic rings. The molecule has 1 aliphatic heterocycles. The van der Waals surface area contributed by atoms with Crippen LogP contribution in [0.15, 0.2) is 49.0 Å². The molecular weight excluding hydrogens is 365 g/mol. The SMILES string of the molecule is C=C1c2ccc(OC)cc2C(=O)N1c1ccc(I)cc1. The molecule has 1 heterocycles. The third-order valence-corrected chi connectivity index (χ3v) is 4.05. The Bertz CT molecular complexity index is 707. The highest BCUT2D eigenvalue weighted by atomic mass is 127. The average Bonchev–Trinajstić information content (AvgIpc) is 2.72. The van der Waals surface area contributed by atoms with Crippen LogP contribution in [0, 0.1) is 3.57 Å². The standard InChI is InChI=1S/C16H12INO2/c1-10-14-8-7-13(20-2)9-15(14)16(19)18(10)12-5-3-11(17)4-6-12/h3-9H,1H2,2H3. The third-order valence-electron chi connectivity index (χ3n) is 3.33. The van der Waals surface area contributed by atoms with Crippen LogP contribution in [0.5, 0.6) is 5.75 Å². The fraction of sp³-hybridized carbons (Fsp3) is 0.0625. The summed E-state index contributed by atoms with van der Waals surface area (Å²) in [6, 6.07) is 13.3. The lowest BCUT2D eigenvalue weighted by Crippen LogP contribution is -2.21. The van der Waals surface area contributed by atoms with Gasteiger partial charge in [-0.25, -0.2) is 0 Å². The summed E-state index contributed by atoms with van der Waals surface area (Å²) in [5.74, 6) is 0.611. The number of hydrogen-bond donors (Lipinski definition) is 0. The lowest BCUT2D eigenvalue weighted by atomic mass is 10.1. The number of anilines is 1. The van der Waals surface area contributed by atoms with E-state index in [1.165, 1.54) is 0 Å². The van der Waals surface area contributed by atoms with Crippen molar-refractivity contribution in [2.45, 2.75) is 0 Å². The Morgan fingerprint density at radius 2 is 1.80 bits per heavy atom. The maximum atomic E-state index is 12.6. The predicted molar refractivity (Wildman–Crippen MR) is 88.0 cm³/mol. The van der Waals surface area contributed by atoms with Crippen molar-refractivity contribution in [3.8, 4) is 5.75 Å². The number of carbonyl (C=O) groups is 1. The molecule has 0 N–H and O–H groups in total. The van der Waals surface area contributed by atoms with Gasteiger partial charge in [-0.3, -0.25) is 9.69 Å². The fourth-order valence-corrected chi connectivity index (χ4v) is 2.67. The second kappa shape index (κ2) is 4.94. The lowest BCUT2D eigenvalue weighted by Gasteiger charge is -2.17. The summed E-state index contributed by atoms with van der Waals surface area (Å²) < 4.78 is 6.31. The van der Waals surface area contributed by atoms with Gasteiger partial charge < -0.3 is 4.74 Å². The normalized spacial score (nSPS) is 13.6. The van der Waals surface area contributed by atoms with Gasteiger partial charge in [-0.05, 0) is 65.1 Å². The molecule has 20 heavy (non-hydrogen) atoms. The summed E-state index contributed by atoms with van der Waals surface area (Å²) in [4.78, 5) is 14.2. The molecule has 0 saturated heterocycles. The van der Waals surface area contributed by atoms with E-state index in [-0.39, 0.29) is 5.91 Å². The zero-order valence-corrected chi connectivity index (χ0v) is 13.0. The highest BCUT2D eigenvalue weighted by molar-refractivity contribution is 14.1. The summed E-state index contributed by atoms with van der Waals surface area (Å²) in [5.41, 5.74) is 3.02. The van der Waals surface area contributed by atoms with E-state index < -0.39 is 0 Å². The van der Waals surface area contributed by atoms with E-state index in [9.17, 15) is 4.79 Å². The first-order valence-corrected chi connectivity index (χ1v) is 7.17. The molecule has 0 fully saturated rings. The fourth-order valence-electron chi connectivity index (χ4n) is 2.31. The molecule has 4 heteroatoms. The molecule has 0 bridgehead atoms. The van der Waals surface area contributed by atoms with Gasteiger partial charge in [-0.2, -0.15) is 0 Å². The summed E-state index contributed by atoms with van der Waals surface area (Å²) in [6.45, 7) is 4.04. The number of methoxy groups -OCH3 is 1. The van der Waals surface area contributed by atoms with Gasteiger partial charge in [0.05, 0.1) is 18.4 Å². The zero-order chi connectivity index (χ0) is 14.3. The number of benzene rings is 2. The van der Waals surface area contributed by atoms with Gasteiger partial charge >= 0.3 is 0 Å². The van der Waals surface area contributed by atoms with Gasteiger partial charge in [-0.15, -0.1) is 0 Å². The number of rotatable bonds is 2. The Balaban J connectivity index is 2.07. The first-order chi connectivity index (χ1) is 9.61. The van der Waals surface area contributed by atoms with Gasteiger partial charge in [0.25, 0.3) is 5.91 Å². The Morgan fingerprint density at radius 1 is 1.10 bits per heavy atom. The molecule has 0 saturated carbocycles. The van der Waals surface area contributed by atoms with Crippen molar-refractivity contribution in [2.24, 2.45) is 0 Å². The average molecular weight is 377 g/mol. The second-order valence-electron chi connectivity index (χ2n) is 4.48. The van der Waals surface area contributed by atoms with E-state index >= 15 is 0 Å². The molecule has 0 radical (unpaired) electrons. The van der Waals surface area contributed by atoms with Crippen molar-refractivity contribution in [3.05, 3.63) is 63.7 Å². The molecule has 3 rings (SSSR count). The monoisotopic (exact) mass is 377 g/mol. The number of fused-ring (bicyclic) bond motifs is 1. The molecule has 0 unspecified atom stereocenters. The molecule has 0 atom stereocenters. The Morgan fingerprint density at radius 3 is 2.45 bits per heavy atom. The van der Waals surface area contributed by atoms with Gasteiger partial charge in [0.1, 0.15) is 5.75 Å². The van der Waals surface area contributed by atoms with Crippen molar-refractivity contribution in [2.75, 3.05) is 12.0 Å². The summed E-state index contributed by atoms with van der Waals surface area (Å²) >= 11 is 2.24. The first-order valence-electron chi connectivity index (χ1n) is 6.09. The van der Waals surface area contributed by atoms with Gasteiger partial charge in [0, 0.05) is 14.8 Å². The highest BCUT2D eigenvalue weighted by Crippen LogP contribution is 2.37. The number of nitrogens with zero attached hydrogens (tertiary/aromatic N) is 1. The minimum atomic E-state index is -0.0647. The van der Waals surface area contributed by atoms with E-state index in [0.29, 0.717) is 17.0 Å². The van der Waals surface area contributed by atoms with Crippen LogP contribution >= 0.6 is 22.6 Å². The molecule has 0 spiro atoms. The molecule has 3 nitrogen and oxygen atoms in total. The Labute approximate surface area is 131 Å². The first kappa shape index (κ1) is 13.2. The van der Waals surface area contributed by atoms with Crippen LogP contribution < -0.4 is 9.64 Å².